The zero-order valence-corrected chi connectivity index (χ0v) is 16.0. The standard InChI is InChI=1S/C22H34O2/c1-6-17(4)8-7-9-18(5)22(24)21(15-23)14-19-10-12-20(13-11-19)16(2)3/h10-13,15-18,21H,6-9,14H2,1-5H3. The summed E-state index contributed by atoms with van der Waals surface area (Å²) in [5, 5.41) is 0. The average molecular weight is 331 g/mol. The van der Waals surface area contributed by atoms with E-state index in [0.29, 0.717) is 18.3 Å². The van der Waals surface area contributed by atoms with E-state index >= 15 is 0 Å². The maximum Gasteiger partial charge on any atom is 0.146 e. The van der Waals surface area contributed by atoms with E-state index in [9.17, 15) is 9.59 Å². The van der Waals surface area contributed by atoms with Gasteiger partial charge in [0.15, 0.2) is 0 Å². The molecule has 3 atom stereocenters. The van der Waals surface area contributed by atoms with Crippen molar-refractivity contribution in [3.05, 3.63) is 35.4 Å². The summed E-state index contributed by atoms with van der Waals surface area (Å²) in [4.78, 5) is 24.0. The number of hydrogen-bond donors (Lipinski definition) is 0. The number of hydrogen-bond acceptors (Lipinski definition) is 2. The molecule has 1 aromatic rings. The van der Waals surface area contributed by atoms with Gasteiger partial charge in [-0.3, -0.25) is 4.79 Å². The van der Waals surface area contributed by atoms with Crippen molar-refractivity contribution in [3.8, 4) is 0 Å². The minimum absolute atomic E-state index is 0.0285. The quantitative estimate of drug-likeness (QED) is 0.391. The molecule has 0 saturated heterocycles. The molecule has 2 heteroatoms. The van der Waals surface area contributed by atoms with Crippen LogP contribution in [0.25, 0.3) is 0 Å². The van der Waals surface area contributed by atoms with Crippen LogP contribution in [-0.2, 0) is 16.0 Å². The minimum atomic E-state index is -0.506. The zero-order chi connectivity index (χ0) is 18.1. The van der Waals surface area contributed by atoms with Crippen molar-refractivity contribution in [2.24, 2.45) is 17.8 Å². The Morgan fingerprint density at radius 1 is 1.04 bits per heavy atom. The van der Waals surface area contributed by atoms with Crippen LogP contribution < -0.4 is 0 Å². The van der Waals surface area contributed by atoms with Crippen LogP contribution in [0.15, 0.2) is 24.3 Å². The topological polar surface area (TPSA) is 34.1 Å². The van der Waals surface area contributed by atoms with E-state index in [0.717, 1.165) is 31.1 Å². The fourth-order valence-corrected chi connectivity index (χ4v) is 2.99. The first-order valence-electron chi connectivity index (χ1n) is 9.46. The molecule has 1 aromatic carbocycles. The number of aldehydes is 1. The molecule has 0 fully saturated rings. The first kappa shape index (κ1) is 20.6. The second-order valence-electron chi connectivity index (χ2n) is 7.59. The minimum Gasteiger partial charge on any atom is -0.303 e. The van der Waals surface area contributed by atoms with Crippen molar-refractivity contribution in [2.45, 2.75) is 72.6 Å². The van der Waals surface area contributed by atoms with Crippen molar-refractivity contribution < 1.29 is 9.59 Å². The highest BCUT2D eigenvalue weighted by Gasteiger charge is 2.23. The first-order chi connectivity index (χ1) is 11.4. The fourth-order valence-electron chi connectivity index (χ4n) is 2.99. The summed E-state index contributed by atoms with van der Waals surface area (Å²) >= 11 is 0. The molecule has 0 spiro atoms. The van der Waals surface area contributed by atoms with Gasteiger partial charge in [-0.15, -0.1) is 0 Å². The van der Waals surface area contributed by atoms with Crippen molar-refractivity contribution in [1.29, 1.82) is 0 Å². The van der Waals surface area contributed by atoms with Gasteiger partial charge in [-0.25, -0.2) is 0 Å². The highest BCUT2D eigenvalue weighted by molar-refractivity contribution is 5.94. The van der Waals surface area contributed by atoms with Crippen LogP contribution in [0.4, 0.5) is 0 Å². The third kappa shape index (κ3) is 6.59. The Morgan fingerprint density at radius 3 is 2.17 bits per heavy atom. The molecule has 0 N–H and O–H groups in total. The normalized spacial score (nSPS) is 15.1. The van der Waals surface area contributed by atoms with E-state index < -0.39 is 5.92 Å². The summed E-state index contributed by atoms with van der Waals surface area (Å²) in [6.45, 7) is 10.7. The molecule has 134 valence electrons. The molecule has 0 amide bonds. The van der Waals surface area contributed by atoms with Crippen LogP contribution in [0.3, 0.4) is 0 Å². The van der Waals surface area contributed by atoms with Gasteiger partial charge < -0.3 is 4.79 Å². The van der Waals surface area contributed by atoms with E-state index in [1.807, 2.05) is 19.1 Å². The predicted octanol–water partition coefficient (Wildman–Crippen LogP) is 5.59. The Kier molecular flexibility index (Phi) is 8.95. The SMILES string of the molecule is CCC(C)CCCC(C)C(=O)C(C=O)Cc1ccc(C(C)C)cc1. The zero-order valence-electron chi connectivity index (χ0n) is 16.0. The third-order valence-electron chi connectivity index (χ3n) is 5.15. The van der Waals surface area contributed by atoms with Gasteiger partial charge in [-0.05, 0) is 35.8 Å². The highest BCUT2D eigenvalue weighted by Crippen LogP contribution is 2.21. The lowest BCUT2D eigenvalue weighted by molar-refractivity contribution is -0.130. The molecule has 0 radical (unpaired) electrons. The lowest BCUT2D eigenvalue weighted by atomic mass is 9.86. The molecule has 0 aliphatic heterocycles. The molecule has 2 nitrogen and oxygen atoms in total. The van der Waals surface area contributed by atoms with Crippen LogP contribution in [0.5, 0.6) is 0 Å². The maximum absolute atomic E-state index is 12.6. The number of rotatable bonds is 11. The monoisotopic (exact) mass is 330 g/mol. The van der Waals surface area contributed by atoms with Gasteiger partial charge in [0.2, 0.25) is 0 Å². The van der Waals surface area contributed by atoms with Crippen LogP contribution in [-0.4, -0.2) is 12.1 Å². The summed E-state index contributed by atoms with van der Waals surface area (Å²) in [6.07, 6.45) is 5.67. The van der Waals surface area contributed by atoms with Crippen LogP contribution in [0.1, 0.15) is 77.3 Å². The second-order valence-corrected chi connectivity index (χ2v) is 7.59. The van der Waals surface area contributed by atoms with E-state index in [1.165, 1.54) is 12.0 Å². The van der Waals surface area contributed by atoms with Gasteiger partial charge in [-0.2, -0.15) is 0 Å². The number of Topliss-reactive ketones (excluding diaryl/α,β-unsaturated/α-hetero) is 1. The summed E-state index contributed by atoms with van der Waals surface area (Å²) in [5.74, 6) is 0.775. The smallest absolute Gasteiger partial charge is 0.146 e. The fraction of sp³-hybridized carbons (Fsp3) is 0.636. The number of benzene rings is 1. The van der Waals surface area contributed by atoms with Crippen LogP contribution in [0.2, 0.25) is 0 Å². The third-order valence-corrected chi connectivity index (χ3v) is 5.15. The summed E-state index contributed by atoms with van der Waals surface area (Å²) < 4.78 is 0. The average Bonchev–Trinajstić information content (AvgIpc) is 2.59. The molecule has 24 heavy (non-hydrogen) atoms. The Bertz CT molecular complexity index is 501. The van der Waals surface area contributed by atoms with E-state index in [4.69, 9.17) is 0 Å². The van der Waals surface area contributed by atoms with Gasteiger partial charge in [-0.1, -0.05) is 78.1 Å². The van der Waals surface area contributed by atoms with Crippen LogP contribution in [0, 0.1) is 17.8 Å². The molecule has 0 aliphatic carbocycles. The van der Waals surface area contributed by atoms with Crippen molar-refractivity contribution in [1.82, 2.24) is 0 Å². The number of carbonyl (C=O) groups excluding carboxylic acids is 2. The van der Waals surface area contributed by atoms with Crippen LogP contribution >= 0.6 is 0 Å². The summed E-state index contributed by atoms with van der Waals surface area (Å²) in [5.41, 5.74) is 2.35. The van der Waals surface area contributed by atoms with E-state index in [2.05, 4.69) is 39.8 Å². The van der Waals surface area contributed by atoms with E-state index in [1.54, 1.807) is 0 Å². The van der Waals surface area contributed by atoms with E-state index in [-0.39, 0.29) is 11.7 Å². The van der Waals surface area contributed by atoms with Crippen molar-refractivity contribution >= 4 is 12.1 Å². The van der Waals surface area contributed by atoms with Gasteiger partial charge >= 0.3 is 0 Å². The molecule has 3 unspecified atom stereocenters. The molecule has 0 aliphatic rings. The highest BCUT2D eigenvalue weighted by atomic mass is 16.1. The molecule has 0 saturated carbocycles. The maximum atomic E-state index is 12.6. The van der Waals surface area contributed by atoms with Gasteiger partial charge in [0.1, 0.15) is 12.1 Å². The van der Waals surface area contributed by atoms with Gasteiger partial charge in [0, 0.05) is 5.92 Å². The Morgan fingerprint density at radius 2 is 1.67 bits per heavy atom. The molecule has 0 bridgehead atoms. The van der Waals surface area contributed by atoms with Gasteiger partial charge in [0.05, 0.1) is 5.92 Å². The molecule has 0 aromatic heterocycles. The van der Waals surface area contributed by atoms with Crippen molar-refractivity contribution in [2.75, 3.05) is 0 Å². The van der Waals surface area contributed by atoms with Crippen molar-refractivity contribution in [3.63, 3.8) is 0 Å². The lowest BCUT2D eigenvalue weighted by Gasteiger charge is -2.17. The molecular weight excluding hydrogens is 296 g/mol. The Labute approximate surface area is 148 Å². The Hall–Kier alpha value is -1.44. The first-order valence-corrected chi connectivity index (χ1v) is 9.46. The number of carbonyl (C=O) groups is 2. The summed E-state index contributed by atoms with van der Waals surface area (Å²) in [6, 6.07) is 8.29. The molecule has 1 rings (SSSR count). The Balaban J connectivity index is 2.57. The largest absolute Gasteiger partial charge is 0.303 e. The van der Waals surface area contributed by atoms with Gasteiger partial charge in [0.25, 0.3) is 0 Å². The summed E-state index contributed by atoms with van der Waals surface area (Å²) in [7, 11) is 0. The lowest BCUT2D eigenvalue weighted by Crippen LogP contribution is -2.25. The molecule has 0 heterocycles. The molecular formula is C22H34O2. The predicted molar refractivity (Wildman–Crippen MR) is 101 cm³/mol. The number of ketones is 1. The second kappa shape index (κ2) is 10.4.